The normalized spacial score (nSPS) is 25.0. The van der Waals surface area contributed by atoms with E-state index in [0.717, 1.165) is 18.4 Å². The van der Waals surface area contributed by atoms with Crippen LogP contribution in [-0.4, -0.2) is 47.4 Å². The maximum absolute atomic E-state index is 12.7. The first-order chi connectivity index (χ1) is 12.7. The SMILES string of the molecule is Cc1c(Cl)cccc1NC(=O)[C@@H](C)N1CCC([C@]2(C)NC(=O)NC2=O)CC1. The number of anilines is 1. The summed E-state index contributed by atoms with van der Waals surface area (Å²) in [5, 5.41) is 8.63. The Labute approximate surface area is 163 Å². The van der Waals surface area contributed by atoms with E-state index in [1.807, 2.05) is 26.0 Å². The molecule has 2 aliphatic heterocycles. The van der Waals surface area contributed by atoms with Crippen LogP contribution < -0.4 is 16.0 Å². The van der Waals surface area contributed by atoms with Crippen LogP contribution in [0.3, 0.4) is 0 Å². The van der Waals surface area contributed by atoms with Crippen LogP contribution in [0, 0.1) is 12.8 Å². The molecule has 2 fully saturated rings. The Morgan fingerprint density at radius 1 is 1.33 bits per heavy atom. The summed E-state index contributed by atoms with van der Waals surface area (Å²) in [6.07, 6.45) is 1.47. The summed E-state index contributed by atoms with van der Waals surface area (Å²) in [6, 6.07) is 4.70. The molecule has 27 heavy (non-hydrogen) atoms. The molecule has 3 rings (SSSR count). The van der Waals surface area contributed by atoms with Crippen molar-refractivity contribution >= 4 is 35.1 Å². The number of carbonyl (C=O) groups excluding carboxylic acids is 3. The second-order valence-electron chi connectivity index (χ2n) is 7.50. The highest BCUT2D eigenvalue weighted by atomic mass is 35.5. The van der Waals surface area contributed by atoms with Gasteiger partial charge in [0.2, 0.25) is 5.91 Å². The zero-order valence-corrected chi connectivity index (χ0v) is 16.5. The van der Waals surface area contributed by atoms with Crippen LogP contribution in [0.25, 0.3) is 0 Å². The molecule has 2 aliphatic rings. The summed E-state index contributed by atoms with van der Waals surface area (Å²) < 4.78 is 0. The molecule has 0 aliphatic carbocycles. The number of carbonyl (C=O) groups is 3. The van der Waals surface area contributed by atoms with E-state index in [0.29, 0.717) is 23.8 Å². The van der Waals surface area contributed by atoms with Gasteiger partial charge in [0.1, 0.15) is 5.54 Å². The predicted molar refractivity (Wildman–Crippen MR) is 104 cm³/mol. The third kappa shape index (κ3) is 3.80. The molecule has 0 unspecified atom stereocenters. The molecule has 0 aromatic heterocycles. The summed E-state index contributed by atoms with van der Waals surface area (Å²) in [6.45, 7) is 6.89. The number of rotatable bonds is 4. The van der Waals surface area contributed by atoms with Crippen molar-refractivity contribution in [2.24, 2.45) is 5.92 Å². The first-order valence-corrected chi connectivity index (χ1v) is 9.54. The van der Waals surface area contributed by atoms with Gasteiger partial charge in [0, 0.05) is 10.7 Å². The number of amides is 4. The quantitative estimate of drug-likeness (QED) is 0.686. The molecular weight excluding hydrogens is 368 g/mol. The zero-order chi connectivity index (χ0) is 19.8. The molecule has 1 aromatic carbocycles. The molecular formula is C19H25ClN4O3. The molecule has 2 atom stereocenters. The third-order valence-corrected chi connectivity index (χ3v) is 6.28. The minimum absolute atomic E-state index is 0.0469. The van der Waals surface area contributed by atoms with E-state index >= 15 is 0 Å². The second-order valence-corrected chi connectivity index (χ2v) is 7.91. The minimum atomic E-state index is -0.868. The lowest BCUT2D eigenvalue weighted by Gasteiger charge is -2.40. The number of imide groups is 1. The standard InChI is InChI=1S/C19H25ClN4O3/c1-11-14(20)5-4-6-15(11)21-16(25)12(2)24-9-7-13(8-10-24)19(3)17(26)22-18(27)23-19/h4-6,12-13H,7-10H2,1-3H3,(H,21,25)(H2,22,23,26,27)/t12-,19+/m1/s1. The Morgan fingerprint density at radius 2 is 2.00 bits per heavy atom. The first-order valence-electron chi connectivity index (χ1n) is 9.16. The Bertz CT molecular complexity index is 776. The van der Waals surface area contributed by atoms with Gasteiger partial charge in [0.25, 0.3) is 5.91 Å². The smallest absolute Gasteiger partial charge is 0.322 e. The van der Waals surface area contributed by atoms with Gasteiger partial charge in [-0.1, -0.05) is 17.7 Å². The average molecular weight is 393 g/mol. The van der Waals surface area contributed by atoms with Crippen LogP contribution in [-0.2, 0) is 9.59 Å². The Kier molecular flexibility index (Phi) is 5.44. The summed E-state index contributed by atoms with van der Waals surface area (Å²) in [5.41, 5.74) is 0.688. The van der Waals surface area contributed by atoms with E-state index in [4.69, 9.17) is 11.6 Å². The van der Waals surface area contributed by atoms with Gasteiger partial charge in [-0.05, 0) is 70.3 Å². The van der Waals surface area contributed by atoms with E-state index in [1.54, 1.807) is 13.0 Å². The maximum Gasteiger partial charge on any atom is 0.322 e. The van der Waals surface area contributed by atoms with Gasteiger partial charge in [-0.25, -0.2) is 4.79 Å². The summed E-state index contributed by atoms with van der Waals surface area (Å²) in [7, 11) is 0. The molecule has 2 heterocycles. The fourth-order valence-electron chi connectivity index (χ4n) is 3.85. The lowest BCUT2D eigenvalue weighted by atomic mass is 9.79. The molecule has 3 N–H and O–H groups in total. The Balaban J connectivity index is 1.59. The maximum atomic E-state index is 12.7. The largest absolute Gasteiger partial charge is 0.324 e. The predicted octanol–water partition coefficient (Wildman–Crippen LogP) is 2.29. The van der Waals surface area contributed by atoms with E-state index in [1.165, 1.54) is 0 Å². The number of likely N-dealkylation sites (tertiary alicyclic amines) is 1. The zero-order valence-electron chi connectivity index (χ0n) is 15.8. The number of piperidine rings is 1. The van der Waals surface area contributed by atoms with Crippen molar-refractivity contribution in [1.82, 2.24) is 15.5 Å². The average Bonchev–Trinajstić information content (AvgIpc) is 2.91. The lowest BCUT2D eigenvalue weighted by molar-refractivity contribution is -0.127. The monoisotopic (exact) mass is 392 g/mol. The van der Waals surface area contributed by atoms with E-state index in [2.05, 4.69) is 20.9 Å². The van der Waals surface area contributed by atoms with Crippen LogP contribution in [0.15, 0.2) is 18.2 Å². The summed E-state index contributed by atoms with van der Waals surface area (Å²) in [5.74, 6) is -0.309. The molecule has 0 spiro atoms. The van der Waals surface area contributed by atoms with Crippen LogP contribution in [0.5, 0.6) is 0 Å². The van der Waals surface area contributed by atoms with Gasteiger partial charge in [0.15, 0.2) is 0 Å². The molecule has 0 bridgehead atoms. The number of halogens is 1. The second kappa shape index (κ2) is 7.48. The van der Waals surface area contributed by atoms with Gasteiger partial charge in [0.05, 0.1) is 6.04 Å². The van der Waals surface area contributed by atoms with Crippen LogP contribution in [0.4, 0.5) is 10.5 Å². The van der Waals surface area contributed by atoms with Gasteiger partial charge in [-0.2, -0.15) is 0 Å². The van der Waals surface area contributed by atoms with Crippen molar-refractivity contribution in [3.05, 3.63) is 28.8 Å². The van der Waals surface area contributed by atoms with Crippen molar-refractivity contribution in [2.75, 3.05) is 18.4 Å². The topological polar surface area (TPSA) is 90.5 Å². The number of hydrogen-bond donors (Lipinski definition) is 3. The van der Waals surface area contributed by atoms with Crippen molar-refractivity contribution in [1.29, 1.82) is 0 Å². The molecule has 4 amide bonds. The fourth-order valence-corrected chi connectivity index (χ4v) is 4.03. The molecule has 0 radical (unpaired) electrons. The van der Waals surface area contributed by atoms with E-state index in [9.17, 15) is 14.4 Å². The number of benzene rings is 1. The van der Waals surface area contributed by atoms with Gasteiger partial charge in [-0.15, -0.1) is 0 Å². The van der Waals surface area contributed by atoms with Crippen molar-refractivity contribution < 1.29 is 14.4 Å². The minimum Gasteiger partial charge on any atom is -0.324 e. The Hall–Kier alpha value is -2.12. The van der Waals surface area contributed by atoms with Crippen molar-refractivity contribution in [3.8, 4) is 0 Å². The fraction of sp³-hybridized carbons (Fsp3) is 0.526. The molecule has 7 nitrogen and oxygen atoms in total. The van der Waals surface area contributed by atoms with Gasteiger partial charge >= 0.3 is 6.03 Å². The lowest BCUT2D eigenvalue weighted by Crippen LogP contribution is -2.55. The highest BCUT2D eigenvalue weighted by Gasteiger charge is 2.48. The Morgan fingerprint density at radius 3 is 2.59 bits per heavy atom. The van der Waals surface area contributed by atoms with Crippen molar-refractivity contribution in [3.63, 3.8) is 0 Å². The summed E-state index contributed by atoms with van der Waals surface area (Å²) >= 11 is 6.11. The number of hydrogen-bond acceptors (Lipinski definition) is 4. The molecule has 8 heteroatoms. The third-order valence-electron chi connectivity index (χ3n) is 5.87. The molecule has 1 aromatic rings. The molecule has 146 valence electrons. The first kappa shape index (κ1) is 19.6. The highest BCUT2D eigenvalue weighted by Crippen LogP contribution is 2.31. The molecule has 2 saturated heterocycles. The van der Waals surface area contributed by atoms with Crippen LogP contribution in [0.1, 0.15) is 32.3 Å². The number of urea groups is 1. The number of nitrogens with zero attached hydrogens (tertiary/aromatic N) is 1. The summed E-state index contributed by atoms with van der Waals surface area (Å²) in [4.78, 5) is 38.3. The number of nitrogens with one attached hydrogen (secondary N) is 3. The van der Waals surface area contributed by atoms with Crippen LogP contribution in [0.2, 0.25) is 5.02 Å². The van der Waals surface area contributed by atoms with E-state index < -0.39 is 11.6 Å². The van der Waals surface area contributed by atoms with Crippen LogP contribution >= 0.6 is 11.6 Å². The van der Waals surface area contributed by atoms with Gasteiger partial charge in [-0.3, -0.25) is 19.8 Å². The highest BCUT2D eigenvalue weighted by molar-refractivity contribution is 6.31. The van der Waals surface area contributed by atoms with E-state index in [-0.39, 0.29) is 23.8 Å². The van der Waals surface area contributed by atoms with Crippen molar-refractivity contribution in [2.45, 2.75) is 45.2 Å². The van der Waals surface area contributed by atoms with Gasteiger partial charge < -0.3 is 10.6 Å². The molecule has 0 saturated carbocycles.